The van der Waals surface area contributed by atoms with Crippen molar-refractivity contribution in [3.63, 3.8) is 0 Å². The second-order valence-corrected chi connectivity index (χ2v) is 8.62. The van der Waals surface area contributed by atoms with Crippen LogP contribution >= 0.6 is 0 Å². The van der Waals surface area contributed by atoms with Crippen LogP contribution in [0.2, 0.25) is 0 Å². The van der Waals surface area contributed by atoms with E-state index < -0.39 is 12.1 Å². The largest absolute Gasteiger partial charge is 0.480 e. The molecule has 32 heavy (non-hydrogen) atoms. The van der Waals surface area contributed by atoms with E-state index in [1.165, 1.54) is 23.1 Å². The highest BCUT2D eigenvalue weighted by molar-refractivity contribution is 5.83. The fourth-order valence-corrected chi connectivity index (χ4v) is 4.94. The lowest BCUT2D eigenvalue weighted by Crippen LogP contribution is -2.44. The molecular formula is C25H28N2O5. The third-order valence-corrected chi connectivity index (χ3v) is 6.44. The Balaban J connectivity index is 1.34. The second kappa shape index (κ2) is 9.42. The van der Waals surface area contributed by atoms with Crippen LogP contribution in [0.1, 0.15) is 42.7 Å². The van der Waals surface area contributed by atoms with Crippen molar-refractivity contribution < 1.29 is 24.2 Å². The Labute approximate surface area is 187 Å². The summed E-state index contributed by atoms with van der Waals surface area (Å²) in [4.78, 5) is 37.2. The van der Waals surface area contributed by atoms with Crippen LogP contribution in [0.5, 0.6) is 0 Å². The van der Waals surface area contributed by atoms with Gasteiger partial charge in [0, 0.05) is 24.9 Å². The third kappa shape index (κ3) is 4.61. The highest BCUT2D eigenvalue weighted by atomic mass is 16.5. The predicted molar refractivity (Wildman–Crippen MR) is 119 cm³/mol. The van der Waals surface area contributed by atoms with Gasteiger partial charge in [-0.05, 0) is 41.5 Å². The summed E-state index contributed by atoms with van der Waals surface area (Å²) in [6.45, 7) is -0.0733. The van der Waals surface area contributed by atoms with E-state index in [1.807, 2.05) is 24.3 Å². The summed E-state index contributed by atoms with van der Waals surface area (Å²) in [7, 11) is 1.50. The first-order valence-corrected chi connectivity index (χ1v) is 11.0. The first-order valence-electron chi connectivity index (χ1n) is 11.0. The minimum atomic E-state index is -1.04. The molecule has 0 aromatic heterocycles. The molecule has 0 radical (unpaired) electrons. The zero-order valence-electron chi connectivity index (χ0n) is 18.1. The highest BCUT2D eigenvalue weighted by Crippen LogP contribution is 2.44. The number of carbonyl (C=O) groups excluding carboxylic acids is 2. The van der Waals surface area contributed by atoms with E-state index in [4.69, 9.17) is 9.84 Å². The van der Waals surface area contributed by atoms with Gasteiger partial charge in [0.15, 0.2) is 0 Å². The molecular weight excluding hydrogens is 408 g/mol. The minimum absolute atomic E-state index is 0.00139. The van der Waals surface area contributed by atoms with Crippen molar-refractivity contribution >= 4 is 18.0 Å². The monoisotopic (exact) mass is 436 g/mol. The van der Waals surface area contributed by atoms with Crippen molar-refractivity contribution in [3.8, 4) is 11.1 Å². The van der Waals surface area contributed by atoms with E-state index in [-0.39, 0.29) is 36.9 Å². The van der Waals surface area contributed by atoms with Crippen molar-refractivity contribution in [1.29, 1.82) is 0 Å². The molecule has 0 saturated heterocycles. The molecule has 2 aliphatic rings. The smallest absolute Gasteiger partial charge is 0.407 e. The topological polar surface area (TPSA) is 95.9 Å². The third-order valence-electron chi connectivity index (χ3n) is 6.44. The number of nitrogens with zero attached hydrogens (tertiary/aromatic N) is 1. The number of aliphatic carboxylic acids is 1. The van der Waals surface area contributed by atoms with Gasteiger partial charge < -0.3 is 20.1 Å². The maximum Gasteiger partial charge on any atom is 0.407 e. The van der Waals surface area contributed by atoms with Gasteiger partial charge in [-0.3, -0.25) is 9.59 Å². The van der Waals surface area contributed by atoms with E-state index in [1.54, 1.807) is 0 Å². The molecule has 2 aliphatic carbocycles. The van der Waals surface area contributed by atoms with Crippen LogP contribution in [-0.2, 0) is 14.3 Å². The summed E-state index contributed by atoms with van der Waals surface area (Å²) in [5.74, 6) is -1.51. The number of likely N-dealkylation sites (N-methyl/N-ethyl adjacent to an activating group) is 1. The summed E-state index contributed by atoms with van der Waals surface area (Å²) in [6, 6.07) is 16.2. The Morgan fingerprint density at radius 2 is 1.66 bits per heavy atom. The molecule has 7 nitrogen and oxygen atoms in total. The molecule has 168 valence electrons. The molecule has 1 fully saturated rings. The van der Waals surface area contributed by atoms with Gasteiger partial charge in [-0.1, -0.05) is 55.0 Å². The number of fused-ring (bicyclic) bond motifs is 3. The number of carboxylic acid groups (broad SMARTS) is 1. The average Bonchev–Trinajstić information content (AvgIpc) is 3.10. The van der Waals surface area contributed by atoms with Gasteiger partial charge in [0.25, 0.3) is 0 Å². The van der Waals surface area contributed by atoms with Crippen LogP contribution < -0.4 is 5.32 Å². The Hall–Kier alpha value is -3.35. The van der Waals surface area contributed by atoms with Gasteiger partial charge in [0.2, 0.25) is 5.91 Å². The Bertz CT molecular complexity index is 975. The number of hydrogen-bond acceptors (Lipinski definition) is 4. The number of hydrogen-bond donors (Lipinski definition) is 2. The SMILES string of the molecule is CN(CC(=O)O)C(=O)C1CCCC(NC(=O)OCC2c3ccccc3-c3ccccc32)C1. The number of ether oxygens (including phenoxy) is 1. The molecule has 0 bridgehead atoms. The molecule has 2 N–H and O–H groups in total. The van der Waals surface area contributed by atoms with E-state index >= 15 is 0 Å². The zero-order chi connectivity index (χ0) is 22.7. The molecule has 4 rings (SSSR count). The van der Waals surface area contributed by atoms with Gasteiger partial charge in [-0.25, -0.2) is 4.79 Å². The van der Waals surface area contributed by atoms with Crippen molar-refractivity contribution in [2.24, 2.45) is 5.92 Å². The lowest BCUT2D eigenvalue weighted by Gasteiger charge is -2.31. The predicted octanol–water partition coefficient (Wildman–Crippen LogP) is 3.63. The molecule has 2 atom stereocenters. The van der Waals surface area contributed by atoms with Crippen LogP contribution in [0.3, 0.4) is 0 Å². The Kier molecular flexibility index (Phi) is 6.44. The molecule has 7 heteroatoms. The fourth-order valence-electron chi connectivity index (χ4n) is 4.94. The number of amides is 2. The molecule has 2 amide bonds. The van der Waals surface area contributed by atoms with Gasteiger partial charge >= 0.3 is 12.1 Å². The average molecular weight is 437 g/mol. The number of carboxylic acids is 1. The summed E-state index contributed by atoms with van der Waals surface area (Å²) >= 11 is 0. The molecule has 2 aromatic carbocycles. The van der Waals surface area contributed by atoms with Gasteiger partial charge in [0.05, 0.1) is 0 Å². The van der Waals surface area contributed by atoms with Crippen LogP contribution in [0, 0.1) is 5.92 Å². The van der Waals surface area contributed by atoms with Gasteiger partial charge in [-0.2, -0.15) is 0 Å². The van der Waals surface area contributed by atoms with Crippen LogP contribution in [0.15, 0.2) is 48.5 Å². The van der Waals surface area contributed by atoms with Crippen LogP contribution in [-0.4, -0.2) is 54.2 Å². The van der Waals surface area contributed by atoms with Crippen molar-refractivity contribution in [1.82, 2.24) is 10.2 Å². The van der Waals surface area contributed by atoms with Crippen molar-refractivity contribution in [2.45, 2.75) is 37.6 Å². The molecule has 0 aliphatic heterocycles. The standard InChI is InChI=1S/C25H28N2O5/c1-27(14-23(28)29)24(30)16-7-6-8-17(13-16)26-25(31)32-15-22-20-11-4-2-9-18(20)19-10-3-5-12-21(19)22/h2-5,9-12,16-17,22H,6-8,13-15H2,1H3,(H,26,31)(H,28,29). The van der Waals surface area contributed by atoms with Gasteiger partial charge in [-0.15, -0.1) is 0 Å². The number of nitrogens with one attached hydrogen (secondary N) is 1. The first kappa shape index (κ1) is 21.9. The Morgan fingerprint density at radius 3 is 2.28 bits per heavy atom. The molecule has 2 aromatic rings. The van der Waals surface area contributed by atoms with Crippen LogP contribution in [0.25, 0.3) is 11.1 Å². The number of alkyl carbamates (subject to hydrolysis) is 1. The second-order valence-electron chi connectivity index (χ2n) is 8.62. The fraction of sp³-hybridized carbons (Fsp3) is 0.400. The number of rotatable bonds is 6. The number of carbonyl (C=O) groups is 3. The Morgan fingerprint density at radius 1 is 1.03 bits per heavy atom. The summed E-state index contributed by atoms with van der Waals surface area (Å²) < 4.78 is 5.62. The van der Waals surface area contributed by atoms with E-state index in [9.17, 15) is 14.4 Å². The zero-order valence-corrected chi connectivity index (χ0v) is 18.1. The lowest BCUT2D eigenvalue weighted by molar-refractivity contribution is -0.145. The van der Waals surface area contributed by atoms with E-state index in [0.29, 0.717) is 12.8 Å². The quantitative estimate of drug-likeness (QED) is 0.721. The summed E-state index contributed by atoms with van der Waals surface area (Å²) in [5, 5.41) is 11.8. The van der Waals surface area contributed by atoms with E-state index in [0.717, 1.165) is 24.0 Å². The molecule has 2 unspecified atom stereocenters. The number of benzene rings is 2. The first-order chi connectivity index (χ1) is 15.4. The van der Waals surface area contributed by atoms with Crippen LogP contribution in [0.4, 0.5) is 4.79 Å². The maximum absolute atomic E-state index is 12.5. The maximum atomic E-state index is 12.5. The summed E-state index contributed by atoms with van der Waals surface area (Å²) in [5.41, 5.74) is 4.67. The normalized spacial score (nSPS) is 19.5. The van der Waals surface area contributed by atoms with E-state index in [2.05, 4.69) is 29.6 Å². The van der Waals surface area contributed by atoms with Crippen molar-refractivity contribution in [3.05, 3.63) is 59.7 Å². The molecule has 1 saturated carbocycles. The minimum Gasteiger partial charge on any atom is -0.480 e. The lowest BCUT2D eigenvalue weighted by atomic mass is 9.85. The highest BCUT2D eigenvalue weighted by Gasteiger charge is 2.32. The molecule has 0 heterocycles. The van der Waals surface area contributed by atoms with Gasteiger partial charge in [0.1, 0.15) is 13.2 Å². The molecule has 0 spiro atoms. The van der Waals surface area contributed by atoms with Crippen molar-refractivity contribution in [2.75, 3.05) is 20.2 Å². The summed E-state index contributed by atoms with van der Waals surface area (Å²) in [6.07, 6.45) is 2.28.